The van der Waals surface area contributed by atoms with Crippen molar-refractivity contribution in [2.24, 2.45) is 0 Å². The van der Waals surface area contributed by atoms with Crippen LogP contribution in [-0.2, 0) is 12.1 Å². The molecule has 2 N–H and O–H groups in total. The Morgan fingerprint density at radius 1 is 1.38 bits per heavy atom. The lowest BCUT2D eigenvalue weighted by atomic mass is 10.1. The third-order valence-corrected chi connectivity index (χ3v) is 4.76. The number of nitrogens with zero attached hydrogens (tertiary/aromatic N) is 2. The van der Waals surface area contributed by atoms with Crippen LogP contribution < -0.4 is 5.32 Å². The Labute approximate surface area is 128 Å². The molecule has 3 rings (SSSR count). The number of aliphatic hydroxyl groups is 1. The number of aryl methyl sites for hydroxylation is 1. The van der Waals surface area contributed by atoms with Crippen molar-refractivity contribution in [3.63, 3.8) is 0 Å². The van der Waals surface area contributed by atoms with Crippen LogP contribution in [0, 0.1) is 6.92 Å². The van der Waals surface area contributed by atoms with Gasteiger partial charge >= 0.3 is 0 Å². The quantitative estimate of drug-likeness (QED) is 0.762. The second-order valence-electron chi connectivity index (χ2n) is 5.49. The summed E-state index contributed by atoms with van der Waals surface area (Å²) in [6.45, 7) is 5.07. The molecule has 0 aliphatic carbocycles. The summed E-state index contributed by atoms with van der Waals surface area (Å²) in [6.07, 6.45) is 3.90. The van der Waals surface area contributed by atoms with Gasteiger partial charge in [0.05, 0.1) is 11.9 Å². The fourth-order valence-electron chi connectivity index (χ4n) is 2.44. The highest BCUT2D eigenvalue weighted by molar-refractivity contribution is 7.10. The summed E-state index contributed by atoms with van der Waals surface area (Å²) in [7, 11) is 0. The summed E-state index contributed by atoms with van der Waals surface area (Å²) >= 11 is 1.57. The molecule has 0 radical (unpaired) electrons. The summed E-state index contributed by atoms with van der Waals surface area (Å²) in [5.41, 5.74) is 2.40. The minimum absolute atomic E-state index is 0.507. The molecule has 1 unspecified atom stereocenters. The normalized spacial score (nSPS) is 14.4. The Hall–Kier alpha value is -1.69. The molecule has 0 amide bonds. The second-order valence-corrected chi connectivity index (χ2v) is 6.44. The number of thiophene rings is 1. The maximum atomic E-state index is 10.5. The van der Waals surface area contributed by atoms with Crippen molar-refractivity contribution >= 4 is 17.0 Å². The number of nitrogens with one attached hydrogen (secondary N) is 1. The van der Waals surface area contributed by atoms with E-state index in [9.17, 15) is 5.11 Å². The molecule has 21 heavy (non-hydrogen) atoms. The van der Waals surface area contributed by atoms with Gasteiger partial charge in [0.2, 0.25) is 0 Å². The molecule has 0 aromatic carbocycles. The molecular formula is C16H19N3OS. The number of hydrogen-bond acceptors (Lipinski definition) is 4. The van der Waals surface area contributed by atoms with E-state index >= 15 is 0 Å². The van der Waals surface area contributed by atoms with Crippen LogP contribution >= 0.6 is 11.3 Å². The summed E-state index contributed by atoms with van der Waals surface area (Å²) in [5, 5.41) is 15.8. The van der Waals surface area contributed by atoms with Crippen molar-refractivity contribution in [1.82, 2.24) is 14.7 Å². The summed E-state index contributed by atoms with van der Waals surface area (Å²) in [5.74, 6) is 0. The van der Waals surface area contributed by atoms with E-state index in [1.54, 1.807) is 11.3 Å². The van der Waals surface area contributed by atoms with Crippen LogP contribution in [0.4, 0.5) is 0 Å². The highest BCUT2D eigenvalue weighted by Gasteiger charge is 2.23. The van der Waals surface area contributed by atoms with E-state index in [0.29, 0.717) is 13.1 Å². The van der Waals surface area contributed by atoms with Gasteiger partial charge in [-0.05, 0) is 36.9 Å². The lowest BCUT2D eigenvalue weighted by Crippen LogP contribution is -2.34. The number of pyridine rings is 1. The maximum Gasteiger partial charge on any atom is 0.139 e. The first-order valence-electron chi connectivity index (χ1n) is 6.96. The lowest BCUT2D eigenvalue weighted by Gasteiger charge is -2.22. The summed E-state index contributed by atoms with van der Waals surface area (Å²) in [6, 6.07) is 8.00. The van der Waals surface area contributed by atoms with Gasteiger partial charge in [-0.3, -0.25) is 0 Å². The predicted molar refractivity (Wildman–Crippen MR) is 85.5 cm³/mol. The highest BCUT2D eigenvalue weighted by atomic mass is 32.1. The number of aromatic nitrogens is 2. The van der Waals surface area contributed by atoms with Gasteiger partial charge in [0, 0.05) is 24.2 Å². The molecule has 0 saturated heterocycles. The van der Waals surface area contributed by atoms with Crippen molar-refractivity contribution in [3.8, 4) is 0 Å². The summed E-state index contributed by atoms with van der Waals surface area (Å²) in [4.78, 5) is 5.42. The molecule has 110 valence electrons. The Balaban J connectivity index is 1.69. The molecule has 0 aliphatic rings. The van der Waals surface area contributed by atoms with Crippen LogP contribution in [-0.4, -0.2) is 21.0 Å². The van der Waals surface area contributed by atoms with Crippen LogP contribution in [0.5, 0.6) is 0 Å². The van der Waals surface area contributed by atoms with Crippen molar-refractivity contribution < 1.29 is 5.11 Å². The third-order valence-electron chi connectivity index (χ3n) is 3.63. The first-order chi connectivity index (χ1) is 10.1. The fourth-order valence-corrected chi connectivity index (χ4v) is 3.23. The Kier molecular flexibility index (Phi) is 3.80. The summed E-state index contributed by atoms with van der Waals surface area (Å²) < 4.78 is 2.09. The Morgan fingerprint density at radius 3 is 3.00 bits per heavy atom. The van der Waals surface area contributed by atoms with E-state index in [2.05, 4.69) is 27.7 Å². The SMILES string of the molecule is Cc1cccn2c(CNCC(C)(O)c3cccs3)cnc12. The maximum absolute atomic E-state index is 10.5. The molecule has 0 spiro atoms. The fraction of sp³-hybridized carbons (Fsp3) is 0.312. The molecule has 0 saturated carbocycles. The predicted octanol–water partition coefficient (Wildman–Crippen LogP) is 2.70. The van der Waals surface area contributed by atoms with Crippen LogP contribution in [0.3, 0.4) is 0 Å². The van der Waals surface area contributed by atoms with E-state index in [-0.39, 0.29) is 0 Å². The average Bonchev–Trinajstić information content (AvgIpc) is 3.09. The van der Waals surface area contributed by atoms with Crippen LogP contribution in [0.15, 0.2) is 42.0 Å². The van der Waals surface area contributed by atoms with Crippen molar-refractivity contribution in [1.29, 1.82) is 0 Å². The molecule has 0 aliphatic heterocycles. The zero-order chi connectivity index (χ0) is 14.9. The first kappa shape index (κ1) is 14.3. The van der Waals surface area contributed by atoms with Gasteiger partial charge in [-0.2, -0.15) is 0 Å². The molecule has 4 nitrogen and oxygen atoms in total. The number of rotatable bonds is 5. The van der Waals surface area contributed by atoms with E-state index in [1.807, 2.05) is 42.9 Å². The molecule has 0 bridgehead atoms. The van der Waals surface area contributed by atoms with Crippen LogP contribution in [0.2, 0.25) is 0 Å². The van der Waals surface area contributed by atoms with Gasteiger partial charge in [0.15, 0.2) is 0 Å². The monoisotopic (exact) mass is 301 g/mol. The first-order valence-corrected chi connectivity index (χ1v) is 7.84. The Bertz CT molecular complexity index is 731. The zero-order valence-corrected chi connectivity index (χ0v) is 13.0. The van der Waals surface area contributed by atoms with Gasteiger partial charge in [-0.15, -0.1) is 11.3 Å². The van der Waals surface area contributed by atoms with E-state index < -0.39 is 5.60 Å². The van der Waals surface area contributed by atoms with Gasteiger partial charge in [-0.1, -0.05) is 12.1 Å². The van der Waals surface area contributed by atoms with E-state index in [4.69, 9.17) is 0 Å². The van der Waals surface area contributed by atoms with Gasteiger partial charge in [0.1, 0.15) is 11.2 Å². The van der Waals surface area contributed by atoms with Gasteiger partial charge < -0.3 is 14.8 Å². The minimum atomic E-state index is -0.843. The van der Waals surface area contributed by atoms with Crippen LogP contribution in [0.25, 0.3) is 5.65 Å². The number of imidazole rings is 1. The molecule has 3 heterocycles. The zero-order valence-electron chi connectivity index (χ0n) is 12.2. The molecule has 5 heteroatoms. The Morgan fingerprint density at radius 2 is 2.24 bits per heavy atom. The minimum Gasteiger partial charge on any atom is -0.383 e. The highest BCUT2D eigenvalue weighted by Crippen LogP contribution is 2.24. The topological polar surface area (TPSA) is 49.6 Å². The number of hydrogen-bond donors (Lipinski definition) is 2. The second kappa shape index (κ2) is 5.60. The van der Waals surface area contributed by atoms with Crippen molar-refractivity contribution in [2.45, 2.75) is 26.0 Å². The molecule has 1 atom stereocenters. The van der Waals surface area contributed by atoms with Gasteiger partial charge in [0.25, 0.3) is 0 Å². The molecule has 0 fully saturated rings. The largest absolute Gasteiger partial charge is 0.383 e. The molecule has 3 aromatic heterocycles. The molecule has 3 aromatic rings. The van der Waals surface area contributed by atoms with Gasteiger partial charge in [-0.25, -0.2) is 4.98 Å². The molecular weight excluding hydrogens is 282 g/mol. The number of fused-ring (bicyclic) bond motifs is 1. The van der Waals surface area contributed by atoms with Crippen molar-refractivity contribution in [3.05, 3.63) is 58.2 Å². The van der Waals surface area contributed by atoms with E-state index in [1.165, 1.54) is 0 Å². The van der Waals surface area contributed by atoms with E-state index in [0.717, 1.165) is 21.8 Å². The van der Waals surface area contributed by atoms with Crippen molar-refractivity contribution in [2.75, 3.05) is 6.54 Å². The third kappa shape index (κ3) is 2.85. The smallest absolute Gasteiger partial charge is 0.139 e. The van der Waals surface area contributed by atoms with Crippen LogP contribution in [0.1, 0.15) is 23.1 Å². The standard InChI is InChI=1S/C16H19N3OS/c1-12-5-3-7-19-13(10-18-15(12)19)9-17-11-16(2,20)14-6-4-8-21-14/h3-8,10,17,20H,9,11H2,1-2H3. The average molecular weight is 301 g/mol. The lowest BCUT2D eigenvalue weighted by molar-refractivity contribution is 0.0603.